The smallest absolute Gasteiger partial charge is 0.266 e. The van der Waals surface area contributed by atoms with Gasteiger partial charge in [-0.2, -0.15) is 0 Å². The number of nitrogens with zero attached hydrogens (tertiary/aromatic N) is 3. The van der Waals surface area contributed by atoms with Crippen molar-refractivity contribution in [1.29, 1.82) is 0 Å². The van der Waals surface area contributed by atoms with Gasteiger partial charge in [0.15, 0.2) is 5.17 Å². The minimum Gasteiger partial charge on any atom is -0.383 e. The van der Waals surface area contributed by atoms with Gasteiger partial charge in [0.2, 0.25) is 0 Å². The van der Waals surface area contributed by atoms with Crippen LogP contribution >= 0.6 is 11.8 Å². The number of terminal acetylenes is 1. The van der Waals surface area contributed by atoms with Gasteiger partial charge in [-0.15, -0.1) is 6.42 Å². The van der Waals surface area contributed by atoms with Gasteiger partial charge in [0.05, 0.1) is 30.3 Å². The van der Waals surface area contributed by atoms with E-state index in [9.17, 15) is 4.79 Å². The van der Waals surface area contributed by atoms with Crippen LogP contribution in [0.2, 0.25) is 0 Å². The fraction of sp³-hybridized carbons (Fsp3) is 0.167. The summed E-state index contributed by atoms with van der Waals surface area (Å²) in [5.41, 5.74) is 2.82. The summed E-state index contributed by atoms with van der Waals surface area (Å²) in [6.45, 7) is 1.37. The van der Waals surface area contributed by atoms with E-state index in [-0.39, 0.29) is 5.91 Å². The summed E-state index contributed by atoms with van der Waals surface area (Å²) in [6, 6.07) is 17.7. The third-order valence-electron chi connectivity index (χ3n) is 4.76. The van der Waals surface area contributed by atoms with E-state index in [4.69, 9.17) is 11.2 Å². The van der Waals surface area contributed by atoms with Gasteiger partial charge < -0.3 is 9.30 Å². The summed E-state index contributed by atoms with van der Waals surface area (Å²) in [6.07, 6.45) is 9.45. The molecule has 0 saturated carbocycles. The zero-order valence-corrected chi connectivity index (χ0v) is 17.4. The van der Waals surface area contributed by atoms with Crippen LogP contribution in [-0.2, 0) is 16.1 Å². The van der Waals surface area contributed by atoms with E-state index in [2.05, 4.69) is 10.9 Å². The highest BCUT2D eigenvalue weighted by Crippen LogP contribution is 2.35. The third-order valence-corrected chi connectivity index (χ3v) is 5.76. The molecule has 1 saturated heterocycles. The summed E-state index contributed by atoms with van der Waals surface area (Å²) in [7, 11) is 1.62. The van der Waals surface area contributed by atoms with Crippen molar-refractivity contribution in [3.05, 3.63) is 71.3 Å². The van der Waals surface area contributed by atoms with Gasteiger partial charge in [0.25, 0.3) is 5.91 Å². The molecule has 0 radical (unpaired) electrons. The molecule has 5 nitrogen and oxygen atoms in total. The van der Waals surface area contributed by atoms with Crippen LogP contribution in [0.4, 0.5) is 5.69 Å². The Morgan fingerprint density at radius 3 is 2.70 bits per heavy atom. The fourth-order valence-corrected chi connectivity index (χ4v) is 4.36. The van der Waals surface area contributed by atoms with Crippen LogP contribution in [0.5, 0.6) is 0 Å². The Hall–Kier alpha value is -3.27. The molecule has 0 spiro atoms. The van der Waals surface area contributed by atoms with Crippen LogP contribution < -0.4 is 0 Å². The van der Waals surface area contributed by atoms with Crippen molar-refractivity contribution in [2.75, 3.05) is 20.3 Å². The number of benzene rings is 2. The van der Waals surface area contributed by atoms with Crippen molar-refractivity contribution in [2.45, 2.75) is 6.54 Å². The number of aliphatic imine (C=N–C) groups is 1. The maximum Gasteiger partial charge on any atom is 0.266 e. The molecule has 0 aliphatic carbocycles. The van der Waals surface area contributed by atoms with Gasteiger partial charge in [0, 0.05) is 29.8 Å². The second-order valence-corrected chi connectivity index (χ2v) is 7.73. The maximum atomic E-state index is 13.1. The normalized spacial score (nSPS) is 16.7. The number of amides is 1. The topological polar surface area (TPSA) is 46.8 Å². The van der Waals surface area contributed by atoms with Gasteiger partial charge in [-0.05, 0) is 36.0 Å². The Bertz CT molecular complexity index is 1170. The Kier molecular flexibility index (Phi) is 6.03. The maximum absolute atomic E-state index is 13.1. The Balaban J connectivity index is 1.73. The average Bonchev–Trinajstić information content (AvgIpc) is 3.25. The number of amidine groups is 1. The molecule has 1 aliphatic rings. The molecule has 1 fully saturated rings. The number of aromatic nitrogens is 1. The summed E-state index contributed by atoms with van der Waals surface area (Å²) >= 11 is 1.38. The predicted molar refractivity (Wildman–Crippen MR) is 123 cm³/mol. The van der Waals surface area contributed by atoms with Gasteiger partial charge in [-0.1, -0.05) is 42.3 Å². The quantitative estimate of drug-likeness (QED) is 0.439. The van der Waals surface area contributed by atoms with Crippen LogP contribution in [0.3, 0.4) is 0 Å². The Morgan fingerprint density at radius 1 is 1.17 bits per heavy atom. The SMILES string of the molecule is C#CCn1cc(/C=C2/SC(=Nc3ccccc3)N(CCOC)C2=O)c2ccccc21. The summed E-state index contributed by atoms with van der Waals surface area (Å²) < 4.78 is 7.21. The molecule has 2 heterocycles. The number of rotatable bonds is 6. The Morgan fingerprint density at radius 2 is 1.93 bits per heavy atom. The molecule has 0 bridgehead atoms. The van der Waals surface area contributed by atoms with E-state index in [1.54, 1.807) is 12.0 Å². The number of para-hydroxylation sites is 2. The van der Waals surface area contributed by atoms with Gasteiger partial charge in [0.1, 0.15) is 0 Å². The van der Waals surface area contributed by atoms with Crippen molar-refractivity contribution in [3.8, 4) is 12.3 Å². The van der Waals surface area contributed by atoms with E-state index in [1.807, 2.05) is 71.4 Å². The highest BCUT2D eigenvalue weighted by molar-refractivity contribution is 8.18. The first-order valence-electron chi connectivity index (χ1n) is 9.56. The standard InChI is InChI=1S/C24H21N3O2S/c1-3-13-26-17-18(20-11-7-8-12-21(20)26)16-22-23(28)27(14-15-29-2)24(30-22)25-19-9-5-4-6-10-19/h1,4-12,16-17H,13-15H2,2H3/b22-16+,25-24?. The molecular weight excluding hydrogens is 394 g/mol. The van der Waals surface area contributed by atoms with E-state index < -0.39 is 0 Å². The number of thioether (sulfide) groups is 1. The monoisotopic (exact) mass is 415 g/mol. The number of hydrogen-bond donors (Lipinski definition) is 0. The molecule has 4 rings (SSSR count). The summed E-state index contributed by atoms with van der Waals surface area (Å²) in [5, 5.41) is 1.72. The van der Waals surface area contributed by atoms with Crippen LogP contribution in [-0.4, -0.2) is 40.8 Å². The highest BCUT2D eigenvalue weighted by atomic mass is 32.2. The number of carbonyl (C=O) groups excluding carboxylic acids is 1. The second-order valence-electron chi connectivity index (χ2n) is 6.72. The molecule has 1 aromatic heterocycles. The highest BCUT2D eigenvalue weighted by Gasteiger charge is 2.33. The number of ether oxygens (including phenoxy) is 1. The molecule has 30 heavy (non-hydrogen) atoms. The lowest BCUT2D eigenvalue weighted by Crippen LogP contribution is -2.32. The number of carbonyl (C=O) groups is 1. The lowest BCUT2D eigenvalue weighted by molar-refractivity contribution is -0.122. The largest absolute Gasteiger partial charge is 0.383 e. The van der Waals surface area contributed by atoms with Gasteiger partial charge in [-0.25, -0.2) is 4.99 Å². The van der Waals surface area contributed by atoms with Crippen LogP contribution in [0.1, 0.15) is 5.56 Å². The predicted octanol–water partition coefficient (Wildman–Crippen LogP) is 4.52. The lowest BCUT2D eigenvalue weighted by Gasteiger charge is -2.14. The number of hydrogen-bond acceptors (Lipinski definition) is 4. The van der Waals surface area contributed by atoms with E-state index >= 15 is 0 Å². The van der Waals surface area contributed by atoms with Gasteiger partial charge in [-0.3, -0.25) is 9.69 Å². The minimum absolute atomic E-state index is 0.0690. The first kappa shape index (κ1) is 20.0. The zero-order chi connectivity index (χ0) is 20.9. The lowest BCUT2D eigenvalue weighted by atomic mass is 10.1. The molecular formula is C24H21N3O2S. The molecule has 1 aliphatic heterocycles. The van der Waals surface area contributed by atoms with Crippen molar-refractivity contribution in [3.63, 3.8) is 0 Å². The summed E-state index contributed by atoms with van der Waals surface area (Å²) in [5.74, 6) is 2.62. The molecule has 2 aromatic carbocycles. The molecule has 1 amide bonds. The number of methoxy groups -OCH3 is 1. The second kappa shape index (κ2) is 9.04. The first-order valence-corrected chi connectivity index (χ1v) is 10.4. The van der Waals surface area contributed by atoms with Crippen LogP contribution in [0.25, 0.3) is 17.0 Å². The molecule has 150 valence electrons. The van der Waals surface area contributed by atoms with E-state index in [0.717, 1.165) is 22.2 Å². The van der Waals surface area contributed by atoms with Crippen molar-refractivity contribution >= 4 is 45.5 Å². The first-order chi connectivity index (χ1) is 14.7. The van der Waals surface area contributed by atoms with E-state index in [1.165, 1.54) is 11.8 Å². The summed E-state index contributed by atoms with van der Waals surface area (Å²) in [4.78, 5) is 20.1. The van der Waals surface area contributed by atoms with Crippen LogP contribution in [0.15, 0.2) is 70.7 Å². The van der Waals surface area contributed by atoms with Crippen molar-refractivity contribution in [1.82, 2.24) is 9.47 Å². The molecule has 0 atom stereocenters. The average molecular weight is 416 g/mol. The molecule has 6 heteroatoms. The third kappa shape index (κ3) is 4.04. The van der Waals surface area contributed by atoms with Crippen molar-refractivity contribution in [2.24, 2.45) is 4.99 Å². The van der Waals surface area contributed by atoms with Crippen molar-refractivity contribution < 1.29 is 9.53 Å². The minimum atomic E-state index is -0.0690. The van der Waals surface area contributed by atoms with Gasteiger partial charge >= 0.3 is 0 Å². The molecule has 0 unspecified atom stereocenters. The molecule has 0 N–H and O–H groups in total. The van der Waals surface area contributed by atoms with E-state index in [0.29, 0.717) is 29.8 Å². The zero-order valence-electron chi connectivity index (χ0n) is 16.6. The Labute approximate surface area is 180 Å². The van der Waals surface area contributed by atoms with Crippen LogP contribution in [0, 0.1) is 12.3 Å². The fourth-order valence-electron chi connectivity index (χ4n) is 3.34. The molecule has 3 aromatic rings. The number of fused-ring (bicyclic) bond motifs is 1.